The third-order valence-electron chi connectivity index (χ3n) is 8.36. The quantitative estimate of drug-likeness (QED) is 0.259. The summed E-state index contributed by atoms with van der Waals surface area (Å²) in [5.74, 6) is 1.89. The van der Waals surface area contributed by atoms with Crippen LogP contribution < -0.4 is 4.74 Å². The van der Waals surface area contributed by atoms with Crippen molar-refractivity contribution in [2.24, 2.45) is 11.8 Å². The zero-order chi connectivity index (χ0) is 25.3. The third-order valence-corrected chi connectivity index (χ3v) is 9.37. The number of piperidine rings is 1. The van der Waals surface area contributed by atoms with E-state index in [4.69, 9.17) is 4.74 Å². The molecule has 0 spiro atoms. The summed E-state index contributed by atoms with van der Waals surface area (Å²) in [5.41, 5.74) is 0.933. The van der Waals surface area contributed by atoms with Crippen LogP contribution in [0.2, 0.25) is 0 Å². The van der Waals surface area contributed by atoms with Gasteiger partial charge in [0.1, 0.15) is 5.75 Å². The molecule has 5 rings (SSSR count). The lowest BCUT2D eigenvalue weighted by Gasteiger charge is -2.44. The second-order valence-electron chi connectivity index (χ2n) is 10.5. The summed E-state index contributed by atoms with van der Waals surface area (Å²) in [7, 11) is 0. The van der Waals surface area contributed by atoms with Gasteiger partial charge in [-0.1, -0.05) is 73.1 Å². The lowest BCUT2D eigenvalue weighted by Crippen LogP contribution is -2.46. The molecule has 3 aromatic carbocycles. The first-order chi connectivity index (χ1) is 18.3. The van der Waals surface area contributed by atoms with Crippen molar-refractivity contribution in [2.75, 3.05) is 26.2 Å². The third kappa shape index (κ3) is 6.22. The SMILES string of the molecule is N#CC(c1ccccc1)(C1CCCC1)C1CCN(CCCOc2ccc(Sc3ccccc3)cc2)CC1. The monoisotopic (exact) mass is 510 g/mol. The number of ether oxygens (including phenoxy) is 1. The number of benzene rings is 3. The number of rotatable bonds is 10. The van der Waals surface area contributed by atoms with Crippen molar-refractivity contribution in [3.63, 3.8) is 0 Å². The highest BCUT2D eigenvalue weighted by Gasteiger charge is 2.48. The number of hydrogen-bond acceptors (Lipinski definition) is 4. The van der Waals surface area contributed by atoms with Crippen LogP contribution in [-0.2, 0) is 5.41 Å². The highest BCUT2D eigenvalue weighted by Crippen LogP contribution is 2.49. The average Bonchev–Trinajstić information content (AvgIpc) is 3.50. The normalized spacial score (nSPS) is 18.8. The molecule has 4 heteroatoms. The standard InChI is InChI=1S/C33H38N2OS/c34-26-33(28-12-7-8-13-28,27-10-3-1-4-11-27)29-20-23-35(24-21-29)22-9-25-36-30-16-18-32(19-17-30)37-31-14-5-2-6-15-31/h1-6,10-11,14-19,28-29H,7-9,12-13,20-25H2. The van der Waals surface area contributed by atoms with Crippen LogP contribution in [0.3, 0.4) is 0 Å². The zero-order valence-corrected chi connectivity index (χ0v) is 22.5. The van der Waals surface area contributed by atoms with E-state index in [2.05, 4.69) is 89.8 Å². The molecule has 1 aliphatic heterocycles. The molecule has 0 amide bonds. The van der Waals surface area contributed by atoms with Crippen molar-refractivity contribution >= 4 is 11.8 Å². The first-order valence-electron chi connectivity index (χ1n) is 13.9. The fraction of sp³-hybridized carbons (Fsp3) is 0.424. The van der Waals surface area contributed by atoms with Crippen LogP contribution in [0.5, 0.6) is 5.75 Å². The number of hydrogen-bond donors (Lipinski definition) is 0. The van der Waals surface area contributed by atoms with Gasteiger partial charge in [0.2, 0.25) is 0 Å². The molecule has 1 atom stereocenters. The molecular weight excluding hydrogens is 472 g/mol. The van der Waals surface area contributed by atoms with Gasteiger partial charge in [-0.25, -0.2) is 0 Å². The fourth-order valence-electron chi connectivity index (χ4n) is 6.47. The second-order valence-corrected chi connectivity index (χ2v) is 11.7. The van der Waals surface area contributed by atoms with Crippen LogP contribution in [0.1, 0.15) is 50.5 Å². The molecule has 0 N–H and O–H groups in total. The van der Waals surface area contributed by atoms with Crippen molar-refractivity contribution in [3.05, 3.63) is 90.5 Å². The fourth-order valence-corrected chi connectivity index (χ4v) is 7.30. The van der Waals surface area contributed by atoms with Crippen LogP contribution in [0.25, 0.3) is 0 Å². The number of nitriles is 1. The van der Waals surface area contributed by atoms with Gasteiger partial charge in [0.15, 0.2) is 0 Å². The maximum Gasteiger partial charge on any atom is 0.119 e. The van der Waals surface area contributed by atoms with E-state index >= 15 is 0 Å². The summed E-state index contributed by atoms with van der Waals surface area (Å²) < 4.78 is 6.04. The van der Waals surface area contributed by atoms with Gasteiger partial charge in [-0.3, -0.25) is 0 Å². The van der Waals surface area contributed by atoms with Gasteiger partial charge >= 0.3 is 0 Å². The summed E-state index contributed by atoms with van der Waals surface area (Å²) in [6.07, 6.45) is 8.19. The van der Waals surface area contributed by atoms with E-state index in [1.165, 1.54) is 41.0 Å². The molecule has 1 aliphatic carbocycles. The van der Waals surface area contributed by atoms with Gasteiger partial charge in [0, 0.05) is 16.3 Å². The summed E-state index contributed by atoms with van der Waals surface area (Å²) in [6, 6.07) is 32.5. The van der Waals surface area contributed by atoms with Crippen LogP contribution in [0.4, 0.5) is 0 Å². The Kier molecular flexibility index (Phi) is 8.87. The Balaban J connectivity index is 1.09. The van der Waals surface area contributed by atoms with E-state index in [-0.39, 0.29) is 5.41 Å². The first-order valence-corrected chi connectivity index (χ1v) is 14.7. The van der Waals surface area contributed by atoms with Gasteiger partial charge in [0.05, 0.1) is 18.1 Å². The summed E-state index contributed by atoms with van der Waals surface area (Å²) in [5, 5.41) is 10.6. The van der Waals surface area contributed by atoms with Gasteiger partial charge in [0.25, 0.3) is 0 Å². The minimum atomic E-state index is -0.322. The van der Waals surface area contributed by atoms with Gasteiger partial charge < -0.3 is 9.64 Å². The minimum absolute atomic E-state index is 0.322. The lowest BCUT2D eigenvalue weighted by atomic mass is 9.60. The molecule has 1 unspecified atom stereocenters. The highest BCUT2D eigenvalue weighted by atomic mass is 32.2. The topological polar surface area (TPSA) is 36.3 Å². The lowest BCUT2D eigenvalue weighted by molar-refractivity contribution is 0.114. The van der Waals surface area contributed by atoms with E-state index in [0.717, 1.165) is 51.3 Å². The molecule has 37 heavy (non-hydrogen) atoms. The summed E-state index contributed by atoms with van der Waals surface area (Å²) in [4.78, 5) is 5.04. The average molecular weight is 511 g/mol. The van der Waals surface area contributed by atoms with Gasteiger partial charge in [-0.2, -0.15) is 5.26 Å². The minimum Gasteiger partial charge on any atom is -0.494 e. The Labute approximate surface area is 226 Å². The van der Waals surface area contributed by atoms with Crippen molar-refractivity contribution < 1.29 is 4.74 Å². The van der Waals surface area contributed by atoms with Gasteiger partial charge in [-0.15, -0.1) is 0 Å². The summed E-state index contributed by atoms with van der Waals surface area (Å²) >= 11 is 1.77. The van der Waals surface area contributed by atoms with Crippen molar-refractivity contribution in [1.29, 1.82) is 5.26 Å². The molecular formula is C33H38N2OS. The molecule has 1 saturated carbocycles. The molecule has 2 fully saturated rings. The van der Waals surface area contributed by atoms with Crippen LogP contribution in [0, 0.1) is 23.2 Å². The van der Waals surface area contributed by atoms with Gasteiger partial charge in [-0.05, 0) is 99.0 Å². The Hall–Kier alpha value is -2.74. The van der Waals surface area contributed by atoms with E-state index < -0.39 is 0 Å². The van der Waals surface area contributed by atoms with E-state index in [0.29, 0.717) is 11.8 Å². The number of likely N-dealkylation sites (tertiary alicyclic amines) is 1. The molecule has 0 radical (unpaired) electrons. The molecule has 2 aliphatic rings. The maximum atomic E-state index is 10.6. The Morgan fingerprint density at radius 3 is 2.03 bits per heavy atom. The first kappa shape index (κ1) is 25.9. The van der Waals surface area contributed by atoms with Crippen LogP contribution in [0.15, 0.2) is 94.7 Å². The predicted octanol–water partition coefficient (Wildman–Crippen LogP) is 7.97. The Bertz CT molecular complexity index is 1130. The molecule has 1 saturated heterocycles. The Morgan fingerprint density at radius 1 is 0.784 bits per heavy atom. The van der Waals surface area contributed by atoms with Crippen molar-refractivity contribution in [2.45, 2.75) is 60.2 Å². The largest absolute Gasteiger partial charge is 0.494 e. The van der Waals surface area contributed by atoms with E-state index in [1.807, 2.05) is 6.07 Å². The van der Waals surface area contributed by atoms with Crippen LogP contribution >= 0.6 is 11.8 Å². The van der Waals surface area contributed by atoms with E-state index in [9.17, 15) is 5.26 Å². The van der Waals surface area contributed by atoms with Crippen molar-refractivity contribution in [1.82, 2.24) is 4.90 Å². The van der Waals surface area contributed by atoms with E-state index in [1.54, 1.807) is 11.8 Å². The molecule has 3 aromatic rings. The molecule has 0 aromatic heterocycles. The molecule has 0 bridgehead atoms. The Morgan fingerprint density at radius 2 is 1.38 bits per heavy atom. The van der Waals surface area contributed by atoms with Crippen molar-refractivity contribution in [3.8, 4) is 11.8 Å². The van der Waals surface area contributed by atoms with Crippen LogP contribution in [-0.4, -0.2) is 31.1 Å². The smallest absolute Gasteiger partial charge is 0.119 e. The highest BCUT2D eigenvalue weighted by molar-refractivity contribution is 7.99. The summed E-state index contributed by atoms with van der Waals surface area (Å²) in [6.45, 7) is 3.96. The molecule has 1 heterocycles. The maximum absolute atomic E-state index is 10.6. The number of nitrogens with zero attached hydrogens (tertiary/aromatic N) is 2. The second kappa shape index (κ2) is 12.7. The molecule has 192 valence electrons. The predicted molar refractivity (Wildman–Crippen MR) is 152 cm³/mol. The molecule has 3 nitrogen and oxygen atoms in total. The zero-order valence-electron chi connectivity index (χ0n) is 21.7.